The number of allylic oxidation sites excluding steroid dienone is 1. The monoisotopic (exact) mass is 207 g/mol. The van der Waals surface area contributed by atoms with E-state index >= 15 is 0 Å². The van der Waals surface area contributed by atoms with Crippen molar-refractivity contribution in [3.05, 3.63) is 12.7 Å². The lowest BCUT2D eigenvalue weighted by atomic mass is 9.84. The van der Waals surface area contributed by atoms with Crippen molar-refractivity contribution in [2.45, 2.75) is 57.0 Å². The van der Waals surface area contributed by atoms with Gasteiger partial charge in [-0.05, 0) is 31.6 Å². The topological polar surface area (TPSA) is 29.1 Å². The summed E-state index contributed by atoms with van der Waals surface area (Å²) in [5.74, 6) is 1.17. The van der Waals surface area contributed by atoms with Crippen molar-refractivity contribution in [3.8, 4) is 0 Å². The van der Waals surface area contributed by atoms with Gasteiger partial charge in [0.25, 0.3) is 0 Å². The fraction of sp³-hybridized carbons (Fsp3) is 0.769. The van der Waals surface area contributed by atoms with E-state index in [1.807, 2.05) is 6.08 Å². The van der Waals surface area contributed by atoms with Crippen LogP contribution in [0.25, 0.3) is 0 Å². The summed E-state index contributed by atoms with van der Waals surface area (Å²) in [6, 6.07) is 0.787. The highest BCUT2D eigenvalue weighted by Crippen LogP contribution is 2.33. The molecule has 2 fully saturated rings. The molecule has 3 atom stereocenters. The molecule has 2 heteroatoms. The third-order valence-corrected chi connectivity index (χ3v) is 3.85. The number of ketones is 1. The Bertz CT molecular complexity index is 235. The van der Waals surface area contributed by atoms with Gasteiger partial charge in [0, 0.05) is 12.5 Å². The van der Waals surface area contributed by atoms with Crippen LogP contribution in [0.2, 0.25) is 0 Å². The summed E-state index contributed by atoms with van der Waals surface area (Å²) in [4.78, 5) is 11.8. The highest BCUT2D eigenvalue weighted by atomic mass is 16.1. The van der Waals surface area contributed by atoms with E-state index in [1.54, 1.807) is 0 Å². The van der Waals surface area contributed by atoms with Gasteiger partial charge >= 0.3 is 0 Å². The van der Waals surface area contributed by atoms with Crippen LogP contribution in [0.15, 0.2) is 12.7 Å². The standard InChI is InChI=1S/C13H21NO/c1-2-3-8-13(15)12-9-10-6-4-5-7-11(10)14-12/h2,10-12,14H,1,3-9H2. The first-order valence-electron chi connectivity index (χ1n) is 6.21. The fourth-order valence-electron chi connectivity index (χ4n) is 2.98. The zero-order valence-electron chi connectivity index (χ0n) is 9.37. The second-order valence-corrected chi connectivity index (χ2v) is 4.90. The highest BCUT2D eigenvalue weighted by Gasteiger charge is 2.37. The van der Waals surface area contributed by atoms with Crippen LogP contribution in [-0.2, 0) is 4.79 Å². The molecule has 0 radical (unpaired) electrons. The number of carbonyl (C=O) groups excluding carboxylic acids is 1. The Morgan fingerprint density at radius 3 is 2.93 bits per heavy atom. The minimum absolute atomic E-state index is 0.151. The largest absolute Gasteiger partial charge is 0.304 e. The number of nitrogens with one attached hydrogen (secondary N) is 1. The van der Waals surface area contributed by atoms with Crippen LogP contribution in [0.3, 0.4) is 0 Å². The summed E-state index contributed by atoms with van der Waals surface area (Å²) in [6.45, 7) is 3.66. The van der Waals surface area contributed by atoms with Gasteiger partial charge in [-0.25, -0.2) is 0 Å². The molecule has 1 N–H and O–H groups in total. The molecule has 1 saturated heterocycles. The molecule has 0 amide bonds. The number of Topliss-reactive ketones (excluding diaryl/α,β-unsaturated/α-hetero) is 1. The van der Waals surface area contributed by atoms with E-state index in [0.29, 0.717) is 18.2 Å². The summed E-state index contributed by atoms with van der Waals surface area (Å²) in [5.41, 5.74) is 0. The van der Waals surface area contributed by atoms with Crippen molar-refractivity contribution in [3.63, 3.8) is 0 Å². The van der Waals surface area contributed by atoms with Crippen molar-refractivity contribution >= 4 is 5.78 Å². The lowest BCUT2D eigenvalue weighted by Crippen LogP contribution is -2.37. The predicted molar refractivity (Wildman–Crippen MR) is 61.7 cm³/mol. The maximum atomic E-state index is 11.8. The van der Waals surface area contributed by atoms with Gasteiger partial charge in [0.15, 0.2) is 0 Å². The average Bonchev–Trinajstić information content (AvgIpc) is 2.69. The number of rotatable bonds is 4. The fourth-order valence-corrected chi connectivity index (χ4v) is 2.98. The smallest absolute Gasteiger partial charge is 0.150 e. The van der Waals surface area contributed by atoms with Gasteiger partial charge in [-0.3, -0.25) is 4.79 Å². The normalized spacial score (nSPS) is 34.8. The van der Waals surface area contributed by atoms with Gasteiger partial charge in [-0.2, -0.15) is 0 Å². The molecule has 1 aliphatic heterocycles. The van der Waals surface area contributed by atoms with Crippen LogP contribution in [-0.4, -0.2) is 17.9 Å². The van der Waals surface area contributed by atoms with E-state index in [-0.39, 0.29) is 6.04 Å². The van der Waals surface area contributed by atoms with E-state index < -0.39 is 0 Å². The number of hydrogen-bond acceptors (Lipinski definition) is 2. The molecular weight excluding hydrogens is 186 g/mol. The third kappa shape index (κ3) is 2.49. The molecule has 84 valence electrons. The summed E-state index contributed by atoms with van der Waals surface area (Å²) >= 11 is 0. The van der Waals surface area contributed by atoms with Crippen molar-refractivity contribution in [1.82, 2.24) is 5.32 Å². The molecule has 0 aromatic heterocycles. The Morgan fingerprint density at radius 2 is 2.20 bits per heavy atom. The molecule has 0 spiro atoms. The molecule has 1 heterocycles. The van der Waals surface area contributed by atoms with Gasteiger partial charge in [-0.15, -0.1) is 6.58 Å². The number of hydrogen-bond donors (Lipinski definition) is 1. The van der Waals surface area contributed by atoms with Gasteiger partial charge in [-0.1, -0.05) is 18.9 Å². The molecule has 15 heavy (non-hydrogen) atoms. The van der Waals surface area contributed by atoms with Gasteiger partial charge in [0.05, 0.1) is 6.04 Å². The lowest BCUT2D eigenvalue weighted by Gasteiger charge is -2.24. The first-order valence-corrected chi connectivity index (χ1v) is 6.21. The molecule has 0 bridgehead atoms. The zero-order chi connectivity index (χ0) is 10.7. The molecule has 2 aliphatic rings. The van der Waals surface area contributed by atoms with Crippen LogP contribution in [0, 0.1) is 5.92 Å². The van der Waals surface area contributed by atoms with E-state index in [2.05, 4.69) is 11.9 Å². The number of fused-ring (bicyclic) bond motifs is 1. The average molecular weight is 207 g/mol. The lowest BCUT2D eigenvalue weighted by molar-refractivity contribution is -0.120. The molecule has 2 rings (SSSR count). The van der Waals surface area contributed by atoms with Crippen LogP contribution >= 0.6 is 0 Å². The molecule has 1 aliphatic carbocycles. The molecule has 0 aromatic carbocycles. The predicted octanol–water partition coefficient (Wildman–Crippen LogP) is 2.44. The maximum Gasteiger partial charge on any atom is 0.150 e. The Kier molecular flexibility index (Phi) is 3.57. The van der Waals surface area contributed by atoms with Gasteiger partial charge in [0.2, 0.25) is 0 Å². The first kappa shape index (κ1) is 10.9. The zero-order valence-corrected chi connectivity index (χ0v) is 9.37. The molecule has 3 unspecified atom stereocenters. The quantitative estimate of drug-likeness (QED) is 0.717. The third-order valence-electron chi connectivity index (χ3n) is 3.85. The Hall–Kier alpha value is -0.630. The Labute approximate surface area is 92.1 Å². The summed E-state index contributed by atoms with van der Waals surface area (Å²) in [6.07, 6.45) is 9.70. The van der Waals surface area contributed by atoms with Crippen LogP contribution in [0.5, 0.6) is 0 Å². The molecular formula is C13H21NO. The molecule has 2 nitrogen and oxygen atoms in total. The summed E-state index contributed by atoms with van der Waals surface area (Å²) in [5, 5.41) is 3.52. The highest BCUT2D eigenvalue weighted by molar-refractivity contribution is 5.84. The van der Waals surface area contributed by atoms with E-state index in [4.69, 9.17) is 0 Å². The van der Waals surface area contributed by atoms with Crippen molar-refractivity contribution in [1.29, 1.82) is 0 Å². The van der Waals surface area contributed by atoms with Crippen molar-refractivity contribution in [2.24, 2.45) is 5.92 Å². The van der Waals surface area contributed by atoms with Crippen LogP contribution < -0.4 is 5.32 Å². The summed E-state index contributed by atoms with van der Waals surface area (Å²) in [7, 11) is 0. The summed E-state index contributed by atoms with van der Waals surface area (Å²) < 4.78 is 0. The maximum absolute atomic E-state index is 11.8. The minimum Gasteiger partial charge on any atom is -0.304 e. The first-order chi connectivity index (χ1) is 7.31. The Balaban J connectivity index is 1.85. The van der Waals surface area contributed by atoms with Gasteiger partial charge < -0.3 is 5.32 Å². The molecule has 1 saturated carbocycles. The van der Waals surface area contributed by atoms with Crippen molar-refractivity contribution < 1.29 is 4.79 Å². The van der Waals surface area contributed by atoms with E-state index in [9.17, 15) is 4.79 Å². The van der Waals surface area contributed by atoms with E-state index in [0.717, 1.165) is 18.8 Å². The van der Waals surface area contributed by atoms with E-state index in [1.165, 1.54) is 25.7 Å². The molecule has 0 aromatic rings. The second kappa shape index (κ2) is 4.93. The second-order valence-electron chi connectivity index (χ2n) is 4.90. The van der Waals surface area contributed by atoms with Gasteiger partial charge in [0.1, 0.15) is 5.78 Å². The SMILES string of the molecule is C=CCCC(=O)C1CC2CCCCC2N1. The van der Waals surface area contributed by atoms with Crippen LogP contribution in [0.4, 0.5) is 0 Å². The van der Waals surface area contributed by atoms with Crippen LogP contribution in [0.1, 0.15) is 44.9 Å². The minimum atomic E-state index is 0.151. The number of carbonyl (C=O) groups is 1. The Morgan fingerprint density at radius 1 is 1.40 bits per heavy atom. The van der Waals surface area contributed by atoms with Crippen molar-refractivity contribution in [2.75, 3.05) is 0 Å².